The van der Waals surface area contributed by atoms with Gasteiger partial charge in [-0.1, -0.05) is 13.0 Å². The van der Waals surface area contributed by atoms with Crippen LogP contribution in [-0.4, -0.2) is 19.1 Å². The Morgan fingerprint density at radius 3 is 3.00 bits per heavy atom. The highest BCUT2D eigenvalue weighted by Crippen LogP contribution is 2.21. The van der Waals surface area contributed by atoms with E-state index >= 15 is 0 Å². The molecule has 0 aliphatic heterocycles. The number of amides is 1. The lowest BCUT2D eigenvalue weighted by Crippen LogP contribution is -2.13. The maximum absolute atomic E-state index is 12.2. The predicted octanol–water partition coefficient (Wildman–Crippen LogP) is 2.90. The Bertz CT molecular complexity index is 581. The van der Waals surface area contributed by atoms with Crippen molar-refractivity contribution in [2.75, 3.05) is 18.5 Å². The maximum Gasteiger partial charge on any atom is 0.266 e. The molecule has 2 aromatic rings. The largest absolute Gasteiger partial charge is 0.492 e. The third-order valence-electron chi connectivity index (χ3n) is 2.81. The van der Waals surface area contributed by atoms with Crippen LogP contribution in [0.4, 0.5) is 5.69 Å². The monoisotopic (exact) mass is 290 g/mol. The van der Waals surface area contributed by atoms with Crippen molar-refractivity contribution in [2.45, 2.75) is 13.3 Å². The third kappa shape index (κ3) is 3.59. The van der Waals surface area contributed by atoms with E-state index in [0.717, 1.165) is 22.5 Å². The predicted molar refractivity (Wildman–Crippen MR) is 82.6 cm³/mol. The third-order valence-corrected chi connectivity index (χ3v) is 3.77. The molecular formula is C15H18N2O2S. The van der Waals surface area contributed by atoms with Gasteiger partial charge in [-0.3, -0.25) is 4.79 Å². The highest BCUT2D eigenvalue weighted by atomic mass is 32.1. The molecule has 1 aromatic heterocycles. The van der Waals surface area contributed by atoms with Crippen molar-refractivity contribution in [2.24, 2.45) is 5.73 Å². The molecule has 0 aliphatic rings. The molecule has 1 heterocycles. The van der Waals surface area contributed by atoms with Gasteiger partial charge in [0.2, 0.25) is 0 Å². The second kappa shape index (κ2) is 7.07. The van der Waals surface area contributed by atoms with E-state index in [1.54, 1.807) is 6.07 Å². The van der Waals surface area contributed by atoms with Crippen LogP contribution < -0.4 is 15.8 Å². The SMILES string of the molecule is CCc1ccsc1C(=O)Nc1cccc(OCCN)c1. The first-order valence-corrected chi connectivity index (χ1v) is 7.43. The summed E-state index contributed by atoms with van der Waals surface area (Å²) < 4.78 is 5.44. The van der Waals surface area contributed by atoms with E-state index < -0.39 is 0 Å². The topological polar surface area (TPSA) is 64.3 Å². The van der Waals surface area contributed by atoms with Gasteiger partial charge in [0.15, 0.2) is 0 Å². The Morgan fingerprint density at radius 2 is 2.25 bits per heavy atom. The van der Waals surface area contributed by atoms with Gasteiger partial charge in [-0.05, 0) is 35.6 Å². The number of nitrogens with one attached hydrogen (secondary N) is 1. The maximum atomic E-state index is 12.2. The number of carbonyl (C=O) groups is 1. The van der Waals surface area contributed by atoms with Gasteiger partial charge in [-0.2, -0.15) is 0 Å². The van der Waals surface area contributed by atoms with Crippen molar-refractivity contribution in [3.8, 4) is 5.75 Å². The summed E-state index contributed by atoms with van der Waals surface area (Å²) in [6.07, 6.45) is 0.853. The summed E-state index contributed by atoms with van der Waals surface area (Å²) in [5.41, 5.74) is 7.19. The first-order chi connectivity index (χ1) is 9.74. The summed E-state index contributed by atoms with van der Waals surface area (Å²) in [6, 6.07) is 9.31. The van der Waals surface area contributed by atoms with Gasteiger partial charge >= 0.3 is 0 Å². The van der Waals surface area contributed by atoms with Crippen LogP contribution >= 0.6 is 11.3 Å². The quantitative estimate of drug-likeness (QED) is 0.859. The minimum absolute atomic E-state index is 0.0761. The number of hydrogen-bond acceptors (Lipinski definition) is 4. The Balaban J connectivity index is 2.08. The van der Waals surface area contributed by atoms with Crippen molar-refractivity contribution >= 4 is 22.9 Å². The molecule has 20 heavy (non-hydrogen) atoms. The van der Waals surface area contributed by atoms with E-state index in [2.05, 4.69) is 5.32 Å². The van der Waals surface area contributed by atoms with Crippen LogP contribution in [0.25, 0.3) is 0 Å². The molecular weight excluding hydrogens is 272 g/mol. The van der Waals surface area contributed by atoms with Crippen LogP contribution in [0.3, 0.4) is 0 Å². The van der Waals surface area contributed by atoms with Crippen molar-refractivity contribution in [1.82, 2.24) is 0 Å². The van der Waals surface area contributed by atoms with Gasteiger partial charge in [0.05, 0.1) is 4.88 Å². The van der Waals surface area contributed by atoms with Crippen LogP contribution in [0.2, 0.25) is 0 Å². The smallest absolute Gasteiger partial charge is 0.266 e. The Hall–Kier alpha value is -1.85. The molecule has 0 unspecified atom stereocenters. The van der Waals surface area contributed by atoms with Crippen LogP contribution in [0, 0.1) is 0 Å². The van der Waals surface area contributed by atoms with Crippen molar-refractivity contribution in [3.63, 3.8) is 0 Å². The number of anilines is 1. The first-order valence-electron chi connectivity index (χ1n) is 6.55. The van der Waals surface area contributed by atoms with E-state index in [9.17, 15) is 4.79 Å². The molecule has 0 radical (unpaired) electrons. The number of hydrogen-bond donors (Lipinski definition) is 2. The highest BCUT2D eigenvalue weighted by molar-refractivity contribution is 7.12. The number of nitrogens with two attached hydrogens (primary N) is 1. The molecule has 5 heteroatoms. The minimum Gasteiger partial charge on any atom is -0.492 e. The van der Waals surface area contributed by atoms with Crippen molar-refractivity contribution in [3.05, 3.63) is 46.2 Å². The van der Waals surface area contributed by atoms with Gasteiger partial charge in [-0.15, -0.1) is 11.3 Å². The fourth-order valence-electron chi connectivity index (χ4n) is 1.84. The first kappa shape index (κ1) is 14.6. The minimum atomic E-state index is -0.0761. The second-order valence-corrected chi connectivity index (χ2v) is 5.16. The van der Waals surface area contributed by atoms with Crippen LogP contribution in [0.1, 0.15) is 22.2 Å². The fraction of sp³-hybridized carbons (Fsp3) is 0.267. The molecule has 0 aliphatic carbocycles. The lowest BCUT2D eigenvalue weighted by Gasteiger charge is -2.08. The summed E-state index contributed by atoms with van der Waals surface area (Å²) in [6.45, 7) is 2.97. The molecule has 4 nitrogen and oxygen atoms in total. The lowest BCUT2D eigenvalue weighted by molar-refractivity contribution is 0.103. The summed E-state index contributed by atoms with van der Waals surface area (Å²) in [5, 5.41) is 4.84. The molecule has 2 rings (SSSR count). The molecule has 1 aromatic carbocycles. The van der Waals surface area contributed by atoms with E-state index in [-0.39, 0.29) is 5.91 Å². The van der Waals surface area contributed by atoms with Crippen LogP contribution in [-0.2, 0) is 6.42 Å². The lowest BCUT2D eigenvalue weighted by atomic mass is 10.2. The van der Waals surface area contributed by atoms with Crippen LogP contribution in [0.15, 0.2) is 35.7 Å². The number of benzene rings is 1. The zero-order chi connectivity index (χ0) is 14.4. The van der Waals surface area contributed by atoms with Gasteiger partial charge in [0.25, 0.3) is 5.91 Å². The van der Waals surface area contributed by atoms with Gasteiger partial charge in [-0.25, -0.2) is 0 Å². The summed E-state index contributed by atoms with van der Waals surface area (Å²) in [5.74, 6) is 0.628. The van der Waals surface area contributed by atoms with Gasteiger partial charge in [0, 0.05) is 18.3 Å². The average Bonchev–Trinajstić information content (AvgIpc) is 2.94. The molecule has 0 atom stereocenters. The average molecular weight is 290 g/mol. The highest BCUT2D eigenvalue weighted by Gasteiger charge is 2.12. The molecule has 0 saturated heterocycles. The zero-order valence-electron chi connectivity index (χ0n) is 11.4. The zero-order valence-corrected chi connectivity index (χ0v) is 12.2. The van der Waals surface area contributed by atoms with Crippen molar-refractivity contribution < 1.29 is 9.53 Å². The van der Waals surface area contributed by atoms with Crippen LogP contribution in [0.5, 0.6) is 5.75 Å². The summed E-state index contributed by atoms with van der Waals surface area (Å²) in [4.78, 5) is 13.0. The van der Waals surface area contributed by atoms with E-state index in [1.807, 2.05) is 36.6 Å². The van der Waals surface area contributed by atoms with Crippen molar-refractivity contribution in [1.29, 1.82) is 0 Å². The number of thiophene rings is 1. The van der Waals surface area contributed by atoms with E-state index in [4.69, 9.17) is 10.5 Å². The number of aryl methyl sites for hydroxylation is 1. The van der Waals surface area contributed by atoms with E-state index in [1.165, 1.54) is 11.3 Å². The Labute approximate surface area is 122 Å². The normalized spacial score (nSPS) is 10.3. The molecule has 3 N–H and O–H groups in total. The number of carbonyl (C=O) groups excluding carboxylic acids is 1. The fourth-order valence-corrected chi connectivity index (χ4v) is 2.73. The molecule has 0 spiro atoms. The Kier molecular flexibility index (Phi) is 5.15. The molecule has 0 fully saturated rings. The molecule has 106 valence electrons. The number of ether oxygens (including phenoxy) is 1. The van der Waals surface area contributed by atoms with Gasteiger partial charge in [0.1, 0.15) is 12.4 Å². The summed E-state index contributed by atoms with van der Waals surface area (Å²) in [7, 11) is 0. The molecule has 0 saturated carbocycles. The Morgan fingerprint density at radius 1 is 1.40 bits per heavy atom. The van der Waals surface area contributed by atoms with Gasteiger partial charge < -0.3 is 15.8 Å². The van der Waals surface area contributed by atoms with E-state index in [0.29, 0.717) is 18.9 Å². The summed E-state index contributed by atoms with van der Waals surface area (Å²) >= 11 is 1.46. The molecule has 1 amide bonds. The standard InChI is InChI=1S/C15H18N2O2S/c1-2-11-6-9-20-14(11)15(18)17-12-4-3-5-13(10-12)19-8-7-16/h3-6,9-10H,2,7-8,16H2,1H3,(H,17,18). The number of rotatable bonds is 6. The second-order valence-electron chi connectivity index (χ2n) is 4.25. The molecule has 0 bridgehead atoms.